The smallest absolute Gasteiger partial charge is 0.303 e. The highest BCUT2D eigenvalue weighted by molar-refractivity contribution is 5.93. The summed E-state index contributed by atoms with van der Waals surface area (Å²) in [6.45, 7) is 4.38. The number of carbonyl (C=O) groups is 5. The van der Waals surface area contributed by atoms with Crippen LogP contribution in [0.25, 0.3) is 0 Å². The first-order chi connectivity index (χ1) is 14.6. The molecule has 0 bridgehead atoms. The molecule has 2 N–H and O–H groups in total. The molecule has 2 heterocycles. The Morgan fingerprint density at radius 2 is 1.68 bits per heavy atom. The minimum absolute atomic E-state index is 0.146. The van der Waals surface area contributed by atoms with E-state index in [2.05, 4.69) is 15.6 Å². The van der Waals surface area contributed by atoms with E-state index in [1.165, 1.54) is 44.8 Å². The zero-order chi connectivity index (χ0) is 23.1. The molecule has 0 radical (unpaired) electrons. The van der Waals surface area contributed by atoms with Gasteiger partial charge >= 0.3 is 17.9 Å². The maximum absolute atomic E-state index is 11.9. The van der Waals surface area contributed by atoms with Crippen molar-refractivity contribution in [2.75, 3.05) is 18.5 Å². The summed E-state index contributed by atoms with van der Waals surface area (Å²) in [6, 6.07) is 0. The van der Waals surface area contributed by atoms with Crippen molar-refractivity contribution in [1.82, 2.24) is 14.9 Å². The molecule has 0 saturated carbocycles. The fraction of sp³-hybridized carbons (Fsp3) is 0.556. The highest BCUT2D eigenvalue weighted by Crippen LogP contribution is 2.34. The van der Waals surface area contributed by atoms with Crippen LogP contribution in [0.3, 0.4) is 0 Å². The standard InChI is InChI=1S/C18H24N4O9/c1-9(23)19-5-15(27)21-14-6-22(8-20-14)18-17(30-12(4)26)16(29-11(3)25)13(31-18)7-28-10(2)24/h6,8,13,16-18H,5,7H2,1-4H3,(H,19,23)(H,21,27)/t13-,16-,17-,18-/m1/s1. The Hall–Kier alpha value is -3.48. The first kappa shape index (κ1) is 23.8. The molecule has 2 rings (SSSR count). The van der Waals surface area contributed by atoms with Gasteiger partial charge in [-0.05, 0) is 0 Å². The zero-order valence-corrected chi connectivity index (χ0v) is 17.4. The van der Waals surface area contributed by atoms with Gasteiger partial charge in [0.1, 0.15) is 12.7 Å². The van der Waals surface area contributed by atoms with Gasteiger partial charge in [-0.15, -0.1) is 0 Å². The Bertz CT molecular complexity index is 853. The summed E-state index contributed by atoms with van der Waals surface area (Å²) in [5, 5.41) is 4.84. The summed E-state index contributed by atoms with van der Waals surface area (Å²) in [5.74, 6) is -2.57. The number of aromatic nitrogens is 2. The summed E-state index contributed by atoms with van der Waals surface area (Å²) in [4.78, 5) is 61.2. The maximum atomic E-state index is 11.9. The molecule has 1 aliphatic heterocycles. The molecule has 170 valence electrons. The molecule has 31 heavy (non-hydrogen) atoms. The van der Waals surface area contributed by atoms with Gasteiger partial charge in [0.05, 0.1) is 19.1 Å². The lowest BCUT2D eigenvalue weighted by molar-refractivity contribution is -0.166. The number of amides is 2. The highest BCUT2D eigenvalue weighted by Gasteiger charge is 2.50. The Morgan fingerprint density at radius 1 is 1.03 bits per heavy atom. The quantitative estimate of drug-likeness (QED) is 0.389. The maximum Gasteiger partial charge on any atom is 0.303 e. The van der Waals surface area contributed by atoms with Gasteiger partial charge in [-0.1, -0.05) is 0 Å². The molecule has 13 heteroatoms. The Morgan fingerprint density at radius 3 is 2.26 bits per heavy atom. The number of nitrogens with zero attached hydrogens (tertiary/aromatic N) is 2. The predicted molar refractivity (Wildman–Crippen MR) is 101 cm³/mol. The Labute approximate surface area is 177 Å². The second-order valence-corrected chi connectivity index (χ2v) is 6.68. The van der Waals surface area contributed by atoms with Crippen molar-refractivity contribution in [1.29, 1.82) is 0 Å². The van der Waals surface area contributed by atoms with Gasteiger partial charge in [-0.2, -0.15) is 0 Å². The lowest BCUT2D eigenvalue weighted by Crippen LogP contribution is -2.40. The van der Waals surface area contributed by atoms with Gasteiger partial charge in [0, 0.05) is 27.7 Å². The minimum atomic E-state index is -1.07. The lowest BCUT2D eigenvalue weighted by atomic mass is 10.1. The molecule has 1 aromatic rings. The number of carbonyl (C=O) groups excluding carboxylic acids is 5. The van der Waals surface area contributed by atoms with E-state index in [4.69, 9.17) is 18.9 Å². The van der Waals surface area contributed by atoms with E-state index in [1.54, 1.807) is 0 Å². The topological polar surface area (TPSA) is 164 Å². The van der Waals surface area contributed by atoms with Crippen molar-refractivity contribution >= 4 is 35.5 Å². The molecule has 1 fully saturated rings. The molecule has 4 atom stereocenters. The van der Waals surface area contributed by atoms with E-state index in [1.807, 2.05) is 0 Å². The van der Waals surface area contributed by atoms with Gasteiger partial charge in [0.15, 0.2) is 24.3 Å². The number of imidazole rings is 1. The van der Waals surface area contributed by atoms with Crippen molar-refractivity contribution in [2.45, 2.75) is 52.2 Å². The number of nitrogens with one attached hydrogen (secondary N) is 2. The van der Waals surface area contributed by atoms with Crippen LogP contribution in [0.15, 0.2) is 12.5 Å². The van der Waals surface area contributed by atoms with Crippen LogP contribution < -0.4 is 10.6 Å². The highest BCUT2D eigenvalue weighted by atomic mass is 16.7. The summed E-state index contributed by atoms with van der Waals surface area (Å²) >= 11 is 0. The van der Waals surface area contributed by atoms with Crippen molar-refractivity contribution in [3.63, 3.8) is 0 Å². The lowest BCUT2D eigenvalue weighted by Gasteiger charge is -2.23. The van der Waals surface area contributed by atoms with Crippen molar-refractivity contribution < 1.29 is 42.9 Å². The second-order valence-electron chi connectivity index (χ2n) is 6.68. The summed E-state index contributed by atoms with van der Waals surface area (Å²) in [5.41, 5.74) is 0. The molecular formula is C18H24N4O9. The van der Waals surface area contributed by atoms with E-state index in [-0.39, 0.29) is 24.9 Å². The van der Waals surface area contributed by atoms with Gasteiger partial charge in [-0.3, -0.25) is 24.0 Å². The molecule has 0 spiro atoms. The van der Waals surface area contributed by atoms with Crippen molar-refractivity contribution in [2.24, 2.45) is 0 Å². The third-order valence-corrected chi connectivity index (χ3v) is 4.00. The number of hydrogen-bond acceptors (Lipinski definition) is 10. The number of anilines is 1. The first-order valence-corrected chi connectivity index (χ1v) is 9.27. The van der Waals surface area contributed by atoms with E-state index >= 15 is 0 Å². The molecule has 0 aliphatic carbocycles. The summed E-state index contributed by atoms with van der Waals surface area (Å²) in [6.07, 6.45) is -1.30. The average molecular weight is 440 g/mol. The van der Waals surface area contributed by atoms with Gasteiger partial charge < -0.3 is 34.1 Å². The van der Waals surface area contributed by atoms with Crippen LogP contribution in [0.5, 0.6) is 0 Å². The zero-order valence-electron chi connectivity index (χ0n) is 17.4. The van der Waals surface area contributed by atoms with E-state index < -0.39 is 48.4 Å². The fourth-order valence-electron chi connectivity index (χ4n) is 2.87. The van der Waals surface area contributed by atoms with Gasteiger partial charge in [0.25, 0.3) is 0 Å². The molecule has 0 unspecified atom stereocenters. The van der Waals surface area contributed by atoms with E-state index in [0.717, 1.165) is 0 Å². The second kappa shape index (κ2) is 10.5. The largest absolute Gasteiger partial charge is 0.463 e. The third kappa shape index (κ3) is 7.06. The number of ether oxygens (including phenoxy) is 4. The van der Waals surface area contributed by atoms with Crippen LogP contribution in [0.2, 0.25) is 0 Å². The Kier molecular flexibility index (Phi) is 8.07. The van der Waals surface area contributed by atoms with E-state index in [9.17, 15) is 24.0 Å². The molecule has 1 aliphatic rings. The molecule has 0 aromatic carbocycles. The third-order valence-electron chi connectivity index (χ3n) is 4.00. The fourth-order valence-corrected chi connectivity index (χ4v) is 2.87. The molecular weight excluding hydrogens is 416 g/mol. The van der Waals surface area contributed by atoms with Crippen LogP contribution in [0.1, 0.15) is 33.9 Å². The van der Waals surface area contributed by atoms with Crippen molar-refractivity contribution in [3.05, 3.63) is 12.5 Å². The van der Waals surface area contributed by atoms with Crippen LogP contribution in [-0.2, 0) is 42.9 Å². The number of hydrogen-bond donors (Lipinski definition) is 2. The average Bonchev–Trinajstić information content (AvgIpc) is 3.23. The SMILES string of the molecule is CC(=O)NCC(=O)Nc1cn([C@@H]2O[C@H](COC(C)=O)[C@@H](OC(C)=O)[C@H]2OC(C)=O)cn1. The van der Waals surface area contributed by atoms with Gasteiger partial charge in [0.2, 0.25) is 11.8 Å². The molecule has 1 saturated heterocycles. The first-order valence-electron chi connectivity index (χ1n) is 9.27. The summed E-state index contributed by atoms with van der Waals surface area (Å²) in [7, 11) is 0. The minimum Gasteiger partial charge on any atom is -0.463 e. The van der Waals surface area contributed by atoms with Gasteiger partial charge in [-0.25, -0.2) is 4.98 Å². The molecule has 13 nitrogen and oxygen atoms in total. The number of rotatable bonds is 8. The van der Waals surface area contributed by atoms with Crippen LogP contribution in [0.4, 0.5) is 5.82 Å². The van der Waals surface area contributed by atoms with Crippen LogP contribution in [-0.4, -0.2) is 70.7 Å². The Balaban J connectivity index is 2.21. The summed E-state index contributed by atoms with van der Waals surface area (Å²) < 4.78 is 22.8. The number of esters is 3. The monoisotopic (exact) mass is 440 g/mol. The predicted octanol–water partition coefficient (Wildman–Crippen LogP) is -0.718. The normalized spacial score (nSPS) is 22.3. The van der Waals surface area contributed by atoms with Crippen LogP contribution >= 0.6 is 0 Å². The molecule has 1 aromatic heterocycles. The van der Waals surface area contributed by atoms with Crippen molar-refractivity contribution in [3.8, 4) is 0 Å². The van der Waals surface area contributed by atoms with E-state index in [0.29, 0.717) is 0 Å². The van der Waals surface area contributed by atoms with Crippen LogP contribution in [0, 0.1) is 0 Å². The molecule has 2 amide bonds.